The largest absolute Gasteiger partial charge is 0.486 e. The van der Waals surface area contributed by atoms with Crippen LogP contribution in [-0.4, -0.2) is 33.7 Å². The average Bonchev–Trinajstić information content (AvgIpc) is 3.41. The van der Waals surface area contributed by atoms with E-state index in [1.165, 1.54) is 0 Å². The highest BCUT2D eigenvalue weighted by atomic mass is 16.6. The van der Waals surface area contributed by atoms with Gasteiger partial charge in [-0.15, -0.1) is 0 Å². The Balaban J connectivity index is 1.44. The fraction of sp³-hybridized carbons (Fsp3) is 0.278. The van der Waals surface area contributed by atoms with Gasteiger partial charge in [-0.1, -0.05) is 6.07 Å². The molecule has 25 heavy (non-hydrogen) atoms. The molecule has 1 aromatic carbocycles. The molecule has 1 aliphatic heterocycles. The maximum absolute atomic E-state index is 12.6. The molecular formula is C18H16N4O3. The van der Waals surface area contributed by atoms with Crippen LogP contribution in [0.5, 0.6) is 11.5 Å². The summed E-state index contributed by atoms with van der Waals surface area (Å²) < 4.78 is 13.2. The molecule has 7 nitrogen and oxygen atoms in total. The first-order valence-electron chi connectivity index (χ1n) is 8.32. The van der Waals surface area contributed by atoms with Crippen molar-refractivity contribution < 1.29 is 14.3 Å². The van der Waals surface area contributed by atoms with Crippen LogP contribution in [0.15, 0.2) is 36.8 Å². The van der Waals surface area contributed by atoms with Gasteiger partial charge in [-0.2, -0.15) is 0 Å². The Morgan fingerprint density at radius 2 is 2.08 bits per heavy atom. The topological polar surface area (TPSA) is 78.3 Å². The summed E-state index contributed by atoms with van der Waals surface area (Å²) in [5, 5.41) is 2.87. The Hall–Kier alpha value is -3.09. The Labute approximate surface area is 143 Å². The van der Waals surface area contributed by atoms with E-state index in [0.29, 0.717) is 42.0 Å². The highest BCUT2D eigenvalue weighted by Crippen LogP contribution is 2.38. The lowest BCUT2D eigenvalue weighted by atomic mass is 10.2. The third kappa shape index (κ3) is 2.48. The zero-order valence-corrected chi connectivity index (χ0v) is 13.4. The number of anilines is 1. The number of pyridine rings is 1. The van der Waals surface area contributed by atoms with E-state index < -0.39 is 0 Å². The van der Waals surface area contributed by atoms with Gasteiger partial charge in [-0.3, -0.25) is 4.79 Å². The van der Waals surface area contributed by atoms with Gasteiger partial charge < -0.3 is 19.4 Å². The van der Waals surface area contributed by atoms with Crippen LogP contribution in [0.3, 0.4) is 0 Å². The molecule has 0 spiro atoms. The standard InChI is InChI=1S/C18H16N4O3/c23-18(21-13-2-1-3-15-16(13)25-7-6-24-15)11-8-14-17(19-9-11)22(10-20-14)12-4-5-12/h1-3,8-10,12H,4-7H2,(H,21,23). The smallest absolute Gasteiger partial charge is 0.257 e. The van der Waals surface area contributed by atoms with Crippen LogP contribution in [0.25, 0.3) is 11.2 Å². The predicted molar refractivity (Wildman–Crippen MR) is 91.2 cm³/mol. The number of carbonyl (C=O) groups excluding carboxylic acids is 1. The third-order valence-corrected chi connectivity index (χ3v) is 4.43. The van der Waals surface area contributed by atoms with Crippen LogP contribution < -0.4 is 14.8 Å². The van der Waals surface area contributed by atoms with E-state index in [0.717, 1.165) is 24.0 Å². The molecule has 0 unspecified atom stereocenters. The molecule has 1 amide bonds. The zero-order valence-electron chi connectivity index (χ0n) is 13.4. The molecule has 1 saturated carbocycles. The van der Waals surface area contributed by atoms with Gasteiger partial charge in [0.15, 0.2) is 17.1 Å². The molecular weight excluding hydrogens is 320 g/mol. The normalized spacial score (nSPS) is 16.0. The van der Waals surface area contributed by atoms with Gasteiger partial charge in [0.25, 0.3) is 5.91 Å². The first-order chi connectivity index (χ1) is 12.3. The molecule has 2 aromatic heterocycles. The summed E-state index contributed by atoms with van der Waals surface area (Å²) >= 11 is 0. The van der Waals surface area contributed by atoms with Crippen molar-refractivity contribution in [2.75, 3.05) is 18.5 Å². The van der Waals surface area contributed by atoms with E-state index in [1.807, 2.05) is 12.1 Å². The summed E-state index contributed by atoms with van der Waals surface area (Å²) in [6.45, 7) is 0.973. The first kappa shape index (κ1) is 14.3. The number of amides is 1. The van der Waals surface area contributed by atoms with Crippen LogP contribution in [0.4, 0.5) is 5.69 Å². The van der Waals surface area contributed by atoms with Gasteiger partial charge in [-0.25, -0.2) is 9.97 Å². The average molecular weight is 336 g/mol. The molecule has 7 heteroatoms. The van der Waals surface area contributed by atoms with E-state index in [4.69, 9.17) is 9.47 Å². The number of aromatic nitrogens is 3. The second kappa shape index (κ2) is 5.47. The molecule has 0 atom stereocenters. The quantitative estimate of drug-likeness (QED) is 0.796. The van der Waals surface area contributed by atoms with E-state index >= 15 is 0 Å². The summed E-state index contributed by atoms with van der Waals surface area (Å²) in [6.07, 6.45) is 5.72. The molecule has 126 valence electrons. The van der Waals surface area contributed by atoms with Gasteiger partial charge in [0.05, 0.1) is 17.6 Å². The number of nitrogens with zero attached hydrogens (tertiary/aromatic N) is 3. The van der Waals surface area contributed by atoms with Crippen LogP contribution in [-0.2, 0) is 0 Å². The van der Waals surface area contributed by atoms with Crippen molar-refractivity contribution in [2.24, 2.45) is 0 Å². The molecule has 0 bridgehead atoms. The number of carbonyl (C=O) groups is 1. The monoisotopic (exact) mass is 336 g/mol. The summed E-state index contributed by atoms with van der Waals surface area (Å²) in [4.78, 5) is 21.4. The van der Waals surface area contributed by atoms with Crippen LogP contribution in [0.2, 0.25) is 0 Å². The van der Waals surface area contributed by atoms with Crippen molar-refractivity contribution in [3.63, 3.8) is 0 Å². The van der Waals surface area contributed by atoms with Crippen LogP contribution in [0, 0.1) is 0 Å². The lowest BCUT2D eigenvalue weighted by molar-refractivity contribution is 0.102. The molecule has 0 radical (unpaired) electrons. The van der Waals surface area contributed by atoms with Crippen molar-refractivity contribution in [2.45, 2.75) is 18.9 Å². The third-order valence-electron chi connectivity index (χ3n) is 4.43. The second-order valence-electron chi connectivity index (χ2n) is 6.23. The minimum absolute atomic E-state index is 0.252. The second-order valence-corrected chi connectivity index (χ2v) is 6.23. The predicted octanol–water partition coefficient (Wildman–Crippen LogP) is 2.79. The number of para-hydroxylation sites is 1. The summed E-state index contributed by atoms with van der Waals surface area (Å²) in [5.41, 5.74) is 2.61. The molecule has 2 aliphatic rings. The number of rotatable bonds is 3. The van der Waals surface area contributed by atoms with E-state index in [1.54, 1.807) is 24.7 Å². The summed E-state index contributed by atoms with van der Waals surface area (Å²) in [7, 11) is 0. The zero-order chi connectivity index (χ0) is 16.8. The SMILES string of the molecule is O=C(Nc1cccc2c1OCCO2)c1cnc2c(c1)ncn2C1CC1. The van der Waals surface area contributed by atoms with Crippen molar-refractivity contribution in [3.05, 3.63) is 42.4 Å². The van der Waals surface area contributed by atoms with Gasteiger partial charge in [0.2, 0.25) is 0 Å². The summed E-state index contributed by atoms with van der Waals surface area (Å²) in [6, 6.07) is 7.71. The minimum atomic E-state index is -0.252. The van der Waals surface area contributed by atoms with Crippen molar-refractivity contribution in [3.8, 4) is 11.5 Å². The summed E-state index contributed by atoms with van der Waals surface area (Å²) in [5.74, 6) is 0.952. The Bertz CT molecular complexity index is 978. The lowest BCUT2D eigenvalue weighted by Gasteiger charge is -2.21. The molecule has 3 heterocycles. The molecule has 1 fully saturated rings. The van der Waals surface area contributed by atoms with Crippen LogP contribution in [0.1, 0.15) is 29.2 Å². The van der Waals surface area contributed by atoms with E-state index in [2.05, 4.69) is 19.9 Å². The molecule has 5 rings (SSSR count). The van der Waals surface area contributed by atoms with Gasteiger partial charge in [0.1, 0.15) is 18.7 Å². The number of hydrogen-bond donors (Lipinski definition) is 1. The Morgan fingerprint density at radius 3 is 2.96 bits per heavy atom. The molecule has 1 N–H and O–H groups in total. The number of fused-ring (bicyclic) bond motifs is 2. The number of imidazole rings is 1. The lowest BCUT2D eigenvalue weighted by Crippen LogP contribution is -2.18. The molecule has 1 aliphatic carbocycles. The first-order valence-corrected chi connectivity index (χ1v) is 8.32. The highest BCUT2D eigenvalue weighted by Gasteiger charge is 2.26. The maximum Gasteiger partial charge on any atom is 0.257 e. The highest BCUT2D eigenvalue weighted by molar-refractivity contribution is 6.06. The van der Waals surface area contributed by atoms with Crippen molar-refractivity contribution in [1.29, 1.82) is 0 Å². The Morgan fingerprint density at radius 1 is 1.20 bits per heavy atom. The number of ether oxygens (including phenoxy) is 2. The van der Waals surface area contributed by atoms with E-state index in [9.17, 15) is 4.79 Å². The fourth-order valence-electron chi connectivity index (χ4n) is 3.03. The number of benzene rings is 1. The Kier molecular flexibility index (Phi) is 3.12. The molecule has 3 aromatic rings. The van der Waals surface area contributed by atoms with Crippen molar-refractivity contribution in [1.82, 2.24) is 14.5 Å². The molecule has 0 saturated heterocycles. The van der Waals surface area contributed by atoms with Gasteiger partial charge >= 0.3 is 0 Å². The van der Waals surface area contributed by atoms with Crippen molar-refractivity contribution >= 4 is 22.8 Å². The minimum Gasteiger partial charge on any atom is -0.486 e. The van der Waals surface area contributed by atoms with E-state index in [-0.39, 0.29) is 5.91 Å². The fourth-order valence-corrected chi connectivity index (χ4v) is 3.03. The number of hydrogen-bond acceptors (Lipinski definition) is 5. The van der Waals surface area contributed by atoms with Gasteiger partial charge in [-0.05, 0) is 31.0 Å². The maximum atomic E-state index is 12.6. The van der Waals surface area contributed by atoms with Crippen LogP contribution >= 0.6 is 0 Å². The number of nitrogens with one attached hydrogen (secondary N) is 1. The van der Waals surface area contributed by atoms with Gasteiger partial charge in [0, 0.05) is 12.2 Å².